The van der Waals surface area contributed by atoms with Crippen molar-refractivity contribution >= 4 is 23.1 Å². The number of aryl methyl sites for hydroxylation is 1. The molecule has 0 bridgehead atoms. The van der Waals surface area contributed by atoms with E-state index < -0.39 is 34.6 Å². The summed E-state index contributed by atoms with van der Waals surface area (Å²) in [6, 6.07) is -0.572. The molecule has 0 unspecified atom stereocenters. The van der Waals surface area contributed by atoms with Gasteiger partial charge in [0.05, 0.1) is 0 Å². The summed E-state index contributed by atoms with van der Waals surface area (Å²) >= 11 is 5.58. The van der Waals surface area contributed by atoms with Gasteiger partial charge in [-0.05, 0) is 49.8 Å². The highest BCUT2D eigenvalue weighted by atomic mass is 35.5. The Kier molecular flexibility index (Phi) is 5.66. The number of allylic oxidation sites excluding steroid dienone is 1. The molecule has 0 radical (unpaired) electrons. The van der Waals surface area contributed by atoms with Gasteiger partial charge in [0, 0.05) is 30.1 Å². The van der Waals surface area contributed by atoms with Crippen molar-refractivity contribution in [3.05, 3.63) is 56.8 Å². The number of aromatic nitrogens is 3. The van der Waals surface area contributed by atoms with Crippen LogP contribution in [-0.2, 0) is 17.4 Å². The number of alkyl halides is 3. The maximum Gasteiger partial charge on any atom is 0.420 e. The summed E-state index contributed by atoms with van der Waals surface area (Å²) in [4.78, 5) is 23.3. The number of hydrogen-bond acceptors (Lipinski definition) is 5. The van der Waals surface area contributed by atoms with Gasteiger partial charge in [-0.25, -0.2) is 14.4 Å². The highest BCUT2D eigenvalue weighted by Gasteiger charge is 2.35. The molecule has 2 aromatic rings. The van der Waals surface area contributed by atoms with Crippen LogP contribution in [0, 0.1) is 5.82 Å². The highest BCUT2D eigenvalue weighted by molar-refractivity contribution is 6.30. The Balaban J connectivity index is 1.73. The molecule has 0 spiro atoms. The van der Waals surface area contributed by atoms with E-state index in [0.29, 0.717) is 48.7 Å². The minimum Gasteiger partial charge on any atom is -0.402 e. The summed E-state index contributed by atoms with van der Waals surface area (Å²) in [5, 5.41) is 1.94. The van der Waals surface area contributed by atoms with Gasteiger partial charge in [0.2, 0.25) is 0 Å². The fraction of sp³-hybridized carbons (Fsp3) is 0.333. The van der Waals surface area contributed by atoms with E-state index in [0.717, 1.165) is 11.1 Å². The summed E-state index contributed by atoms with van der Waals surface area (Å²) < 4.78 is 59.1. The van der Waals surface area contributed by atoms with Crippen molar-refractivity contribution in [1.82, 2.24) is 20.3 Å². The SMILES string of the molecule is CC1=C(C2=C(C)c3c(cnc(Oc4ncc(C(F)(F)F)c(Cl)n4)c3F)CC2)C(=O)NCC1. The Morgan fingerprint density at radius 1 is 1.12 bits per heavy atom. The van der Waals surface area contributed by atoms with E-state index in [4.69, 9.17) is 16.3 Å². The number of pyridine rings is 1. The van der Waals surface area contributed by atoms with Gasteiger partial charge in [0.25, 0.3) is 11.8 Å². The topological polar surface area (TPSA) is 77.0 Å². The second kappa shape index (κ2) is 8.16. The van der Waals surface area contributed by atoms with Crippen molar-refractivity contribution in [3.8, 4) is 11.9 Å². The first kappa shape index (κ1) is 22.2. The molecule has 11 heteroatoms. The van der Waals surface area contributed by atoms with Gasteiger partial charge in [0.1, 0.15) is 10.7 Å². The molecule has 168 valence electrons. The van der Waals surface area contributed by atoms with Gasteiger partial charge < -0.3 is 10.1 Å². The van der Waals surface area contributed by atoms with Gasteiger partial charge >= 0.3 is 12.2 Å². The van der Waals surface area contributed by atoms with Crippen LogP contribution in [0.2, 0.25) is 5.15 Å². The Hall–Kier alpha value is -3.01. The third-order valence-electron chi connectivity index (χ3n) is 5.49. The largest absolute Gasteiger partial charge is 0.420 e. The molecule has 0 fully saturated rings. The summed E-state index contributed by atoms with van der Waals surface area (Å²) in [5.41, 5.74) is 2.47. The number of hydrogen-bond donors (Lipinski definition) is 1. The molecule has 0 aromatic carbocycles. The molecular formula is C21H17ClF4N4O2. The lowest BCUT2D eigenvalue weighted by molar-refractivity contribution is -0.138. The molecule has 0 saturated carbocycles. The zero-order chi connectivity index (χ0) is 23.2. The predicted molar refractivity (Wildman–Crippen MR) is 108 cm³/mol. The Labute approximate surface area is 185 Å². The molecule has 0 saturated heterocycles. The van der Waals surface area contributed by atoms with E-state index in [1.165, 1.54) is 6.20 Å². The second-order valence-electron chi connectivity index (χ2n) is 7.50. The van der Waals surface area contributed by atoms with Crippen LogP contribution < -0.4 is 10.1 Å². The van der Waals surface area contributed by atoms with Crippen molar-refractivity contribution < 1.29 is 27.1 Å². The molecule has 2 aromatic heterocycles. The monoisotopic (exact) mass is 468 g/mol. The average Bonchev–Trinajstić information content (AvgIpc) is 2.70. The number of nitrogens with zero attached hydrogens (tertiary/aromatic N) is 3. The van der Waals surface area contributed by atoms with Crippen LogP contribution in [0.3, 0.4) is 0 Å². The normalized spacial score (nSPS) is 16.8. The number of carbonyl (C=O) groups is 1. The summed E-state index contributed by atoms with van der Waals surface area (Å²) in [5.74, 6) is -1.50. The summed E-state index contributed by atoms with van der Waals surface area (Å²) in [6.07, 6.45) is -1.11. The number of fused-ring (bicyclic) bond motifs is 1. The lowest BCUT2D eigenvalue weighted by atomic mass is 9.81. The highest BCUT2D eigenvalue weighted by Crippen LogP contribution is 2.40. The molecule has 1 aliphatic heterocycles. The second-order valence-corrected chi connectivity index (χ2v) is 7.86. The molecule has 1 aliphatic carbocycles. The van der Waals surface area contributed by atoms with Crippen molar-refractivity contribution in [2.24, 2.45) is 0 Å². The maximum absolute atomic E-state index is 15.4. The molecule has 1 amide bonds. The van der Waals surface area contributed by atoms with Crippen LogP contribution in [0.4, 0.5) is 17.6 Å². The van der Waals surface area contributed by atoms with E-state index in [1.807, 2.05) is 6.92 Å². The standard InChI is InChI=1S/C21H17ClF4N4O2/c1-9-5-6-27-18(31)14(9)12-4-3-11-7-28-19(16(23)15(11)10(12)2)32-20-29-8-13(17(22)30-20)21(24,25)26/h7-8H,3-6H2,1-2H3,(H,27,31). The third-order valence-corrected chi connectivity index (χ3v) is 5.78. The Morgan fingerprint density at radius 2 is 1.88 bits per heavy atom. The van der Waals surface area contributed by atoms with E-state index in [-0.39, 0.29) is 11.5 Å². The van der Waals surface area contributed by atoms with E-state index >= 15 is 4.39 Å². The average molecular weight is 469 g/mol. The van der Waals surface area contributed by atoms with Crippen molar-refractivity contribution in [1.29, 1.82) is 0 Å². The van der Waals surface area contributed by atoms with E-state index in [9.17, 15) is 18.0 Å². The van der Waals surface area contributed by atoms with Crippen molar-refractivity contribution in [2.45, 2.75) is 39.3 Å². The number of ether oxygens (including phenoxy) is 1. The molecule has 6 nitrogen and oxygen atoms in total. The summed E-state index contributed by atoms with van der Waals surface area (Å²) in [7, 11) is 0. The molecule has 0 atom stereocenters. The quantitative estimate of drug-likeness (QED) is 0.505. The van der Waals surface area contributed by atoms with E-state index in [2.05, 4.69) is 20.3 Å². The molecule has 1 N–H and O–H groups in total. The Morgan fingerprint density at radius 3 is 2.53 bits per heavy atom. The van der Waals surface area contributed by atoms with Gasteiger partial charge in [-0.1, -0.05) is 17.2 Å². The van der Waals surface area contributed by atoms with Crippen molar-refractivity contribution in [3.63, 3.8) is 0 Å². The number of rotatable bonds is 3. The fourth-order valence-corrected chi connectivity index (χ4v) is 4.15. The van der Waals surface area contributed by atoms with Gasteiger partial charge in [-0.15, -0.1) is 0 Å². The molecule has 2 aliphatic rings. The van der Waals surface area contributed by atoms with Crippen LogP contribution in [-0.4, -0.2) is 27.4 Å². The lowest BCUT2D eigenvalue weighted by Gasteiger charge is -2.27. The molecule has 3 heterocycles. The van der Waals surface area contributed by atoms with Crippen LogP contribution >= 0.6 is 11.6 Å². The van der Waals surface area contributed by atoms with Crippen LogP contribution in [0.25, 0.3) is 5.57 Å². The number of amides is 1. The number of halogens is 5. The lowest BCUT2D eigenvalue weighted by Crippen LogP contribution is -2.32. The zero-order valence-electron chi connectivity index (χ0n) is 17.0. The summed E-state index contributed by atoms with van der Waals surface area (Å²) in [6.45, 7) is 4.16. The fourth-order valence-electron chi connectivity index (χ4n) is 3.92. The van der Waals surface area contributed by atoms with Crippen molar-refractivity contribution in [2.75, 3.05) is 6.54 Å². The molecular weight excluding hydrogens is 452 g/mol. The van der Waals surface area contributed by atoms with E-state index in [1.54, 1.807) is 6.92 Å². The first-order chi connectivity index (χ1) is 15.1. The third kappa shape index (κ3) is 3.94. The predicted octanol–water partition coefficient (Wildman–Crippen LogP) is 5.03. The van der Waals surface area contributed by atoms with Crippen LogP contribution in [0.1, 0.15) is 43.4 Å². The zero-order valence-corrected chi connectivity index (χ0v) is 17.8. The first-order valence-corrected chi connectivity index (χ1v) is 10.1. The van der Waals surface area contributed by atoms with Gasteiger partial charge in [0.15, 0.2) is 5.82 Å². The maximum atomic E-state index is 15.4. The minimum atomic E-state index is -4.73. The molecule has 32 heavy (non-hydrogen) atoms. The van der Waals surface area contributed by atoms with Crippen LogP contribution in [0.5, 0.6) is 11.9 Å². The Bertz CT molecular complexity index is 1190. The number of nitrogens with one attached hydrogen (secondary N) is 1. The van der Waals surface area contributed by atoms with Gasteiger partial charge in [-0.3, -0.25) is 4.79 Å². The van der Waals surface area contributed by atoms with Crippen LogP contribution in [0.15, 0.2) is 29.1 Å². The first-order valence-electron chi connectivity index (χ1n) is 9.71. The molecule has 4 rings (SSSR count). The van der Waals surface area contributed by atoms with Gasteiger partial charge in [-0.2, -0.15) is 18.2 Å². The minimum absolute atomic E-state index is 0.190. The smallest absolute Gasteiger partial charge is 0.402 e. The number of carbonyl (C=O) groups excluding carboxylic acids is 1.